The number of carbonyl (C=O) groups excluding carboxylic acids is 2. The van der Waals surface area contributed by atoms with Crippen LogP contribution in [0.5, 0.6) is 0 Å². The first-order valence-corrected chi connectivity index (χ1v) is 14.5. The molecule has 1 aromatic carbocycles. The van der Waals surface area contributed by atoms with Crippen molar-refractivity contribution in [3.8, 4) is 0 Å². The summed E-state index contributed by atoms with van der Waals surface area (Å²) in [5.74, 6) is -1.74. The van der Waals surface area contributed by atoms with Gasteiger partial charge in [0.15, 0.2) is 10.8 Å². The van der Waals surface area contributed by atoms with Crippen LogP contribution < -0.4 is 5.32 Å². The Bertz CT molecular complexity index is 1400. The number of thiazole rings is 1. The largest absolute Gasteiger partial charge is 0.481 e. The third-order valence-electron chi connectivity index (χ3n) is 7.38. The molecule has 218 valence electrons. The number of nitrogens with one attached hydrogen (secondary N) is 1. The average Bonchev–Trinajstić information content (AvgIpc) is 3.58. The molecule has 41 heavy (non-hydrogen) atoms. The molecular weight excluding hydrogens is 575 g/mol. The fourth-order valence-corrected chi connectivity index (χ4v) is 6.29. The number of aliphatic carboxylic acids is 1. The lowest BCUT2D eigenvalue weighted by atomic mass is 9.95. The van der Waals surface area contributed by atoms with E-state index in [2.05, 4.69) is 15.2 Å². The van der Waals surface area contributed by atoms with E-state index in [1.807, 2.05) is 0 Å². The van der Waals surface area contributed by atoms with Gasteiger partial charge in [0, 0.05) is 61.6 Å². The zero-order chi connectivity index (χ0) is 29.3. The normalized spacial score (nSPS) is 21.9. The van der Waals surface area contributed by atoms with Crippen LogP contribution in [-0.2, 0) is 14.3 Å². The minimum atomic E-state index is -0.954. The molecule has 0 radical (unpaired) electrons. The van der Waals surface area contributed by atoms with Crippen LogP contribution in [0.15, 0.2) is 46.0 Å². The van der Waals surface area contributed by atoms with Gasteiger partial charge in [0.1, 0.15) is 11.9 Å². The van der Waals surface area contributed by atoms with Gasteiger partial charge in [0.2, 0.25) is 0 Å². The van der Waals surface area contributed by atoms with Crippen molar-refractivity contribution in [1.29, 1.82) is 0 Å². The maximum atomic E-state index is 14.5. The second-order valence-corrected chi connectivity index (χ2v) is 11.3. The first-order chi connectivity index (χ1) is 19.7. The van der Waals surface area contributed by atoms with Gasteiger partial charge >= 0.3 is 18.0 Å². The second-order valence-electron chi connectivity index (χ2n) is 10.1. The van der Waals surface area contributed by atoms with Gasteiger partial charge in [-0.2, -0.15) is 0 Å². The number of fused-ring (bicyclic) bond motifs is 1. The molecule has 3 aliphatic heterocycles. The molecule has 0 bridgehead atoms. The Morgan fingerprint density at radius 3 is 2.83 bits per heavy atom. The summed E-state index contributed by atoms with van der Waals surface area (Å²) in [6, 6.07) is 2.74. The van der Waals surface area contributed by atoms with E-state index in [0.29, 0.717) is 54.8 Å². The minimum Gasteiger partial charge on any atom is -0.481 e. The number of benzene rings is 1. The number of ether oxygens (including phenoxy) is 1. The first kappa shape index (κ1) is 29.0. The minimum absolute atomic E-state index is 0.126. The summed E-state index contributed by atoms with van der Waals surface area (Å²) in [7, 11) is 0. The zero-order valence-electron chi connectivity index (χ0n) is 22.5. The molecule has 3 atom stereocenters. The number of amides is 2. The van der Waals surface area contributed by atoms with E-state index in [-0.39, 0.29) is 35.7 Å². The number of aromatic nitrogens is 1. The number of halogens is 2. The molecule has 4 heterocycles. The molecule has 3 aliphatic rings. The van der Waals surface area contributed by atoms with Crippen molar-refractivity contribution in [2.45, 2.75) is 38.4 Å². The molecule has 1 unspecified atom stereocenters. The molecule has 0 saturated carbocycles. The van der Waals surface area contributed by atoms with E-state index in [0.717, 1.165) is 0 Å². The Kier molecular flexibility index (Phi) is 8.57. The highest BCUT2D eigenvalue weighted by Gasteiger charge is 2.43. The second kappa shape index (κ2) is 12.1. The third kappa shape index (κ3) is 5.92. The fourth-order valence-electron chi connectivity index (χ4n) is 5.47. The molecule has 0 aliphatic carbocycles. The van der Waals surface area contributed by atoms with Crippen molar-refractivity contribution < 1.29 is 28.6 Å². The van der Waals surface area contributed by atoms with Crippen LogP contribution in [0.4, 0.5) is 9.18 Å². The molecule has 2 aromatic rings. The smallest absolute Gasteiger partial charge is 0.338 e. The topological polar surface area (TPSA) is 128 Å². The summed E-state index contributed by atoms with van der Waals surface area (Å²) in [4.78, 5) is 52.2. The molecule has 2 N–H and O–H groups in total. The lowest BCUT2D eigenvalue weighted by molar-refractivity contribution is -0.139. The Hall–Kier alpha value is -3.55. The van der Waals surface area contributed by atoms with Crippen molar-refractivity contribution >= 4 is 46.7 Å². The highest BCUT2D eigenvalue weighted by molar-refractivity contribution is 7.11. The number of amidine groups is 1. The standard InChI is InChI=1S/C27H30ClFN6O5S/c1-3-40-26(38)21-19(14-33-8-9-34-16(12-33)13-35(27(34)39)15(2)11-20(36)37)31-24(25-30-7-10-41-25)32-23(21)17-5-4-6-18(29)22(17)28/h4-7,10,15-16,23H,3,8-9,11-14H2,1-2H3,(H,31,32)(H,36,37)/t15?,16-,23-/m0/s1. The van der Waals surface area contributed by atoms with Gasteiger partial charge in [0.25, 0.3) is 0 Å². The number of esters is 1. The number of piperazine rings is 1. The molecule has 2 fully saturated rings. The fraction of sp³-hybridized carbons (Fsp3) is 0.444. The first-order valence-electron chi connectivity index (χ1n) is 13.3. The monoisotopic (exact) mass is 604 g/mol. The van der Waals surface area contributed by atoms with Crippen LogP contribution in [0, 0.1) is 5.82 Å². The maximum Gasteiger partial charge on any atom is 0.338 e. The van der Waals surface area contributed by atoms with Gasteiger partial charge in [-0.15, -0.1) is 11.3 Å². The zero-order valence-corrected chi connectivity index (χ0v) is 24.1. The quantitative estimate of drug-likeness (QED) is 0.418. The van der Waals surface area contributed by atoms with E-state index < -0.39 is 29.8 Å². The average molecular weight is 605 g/mol. The number of carboxylic acids is 1. The van der Waals surface area contributed by atoms with E-state index in [9.17, 15) is 23.9 Å². The summed E-state index contributed by atoms with van der Waals surface area (Å²) >= 11 is 7.76. The number of carbonyl (C=O) groups is 3. The highest BCUT2D eigenvalue weighted by Crippen LogP contribution is 2.37. The number of urea groups is 1. The van der Waals surface area contributed by atoms with E-state index in [1.54, 1.807) is 41.3 Å². The summed E-state index contributed by atoms with van der Waals surface area (Å²) in [6.07, 6.45) is 1.52. The lowest BCUT2D eigenvalue weighted by Crippen LogP contribution is -2.53. The van der Waals surface area contributed by atoms with E-state index >= 15 is 0 Å². The molecule has 5 rings (SSSR count). The summed E-state index contributed by atoms with van der Waals surface area (Å²) < 4.78 is 20.0. The van der Waals surface area contributed by atoms with Crippen molar-refractivity contribution in [2.75, 3.05) is 39.3 Å². The molecule has 14 heteroatoms. The molecular formula is C27H30ClFN6O5S. The van der Waals surface area contributed by atoms with Crippen molar-refractivity contribution in [3.05, 3.63) is 62.5 Å². The van der Waals surface area contributed by atoms with Gasteiger partial charge in [0.05, 0.1) is 29.7 Å². The number of nitrogens with zero attached hydrogens (tertiary/aromatic N) is 5. The number of carboxylic acid groups (broad SMARTS) is 1. The van der Waals surface area contributed by atoms with Crippen LogP contribution >= 0.6 is 22.9 Å². The van der Waals surface area contributed by atoms with Gasteiger partial charge in [-0.3, -0.25) is 14.7 Å². The Morgan fingerprint density at radius 2 is 2.12 bits per heavy atom. The molecule has 0 spiro atoms. The SMILES string of the molecule is CCOC(=O)C1=C(CN2CCN3C(=O)N(C(C)CC(=O)O)C[C@@H]3C2)NC(c2nccs2)=N[C@H]1c1cccc(F)c1Cl. The van der Waals surface area contributed by atoms with Gasteiger partial charge in [-0.05, 0) is 19.9 Å². The summed E-state index contributed by atoms with van der Waals surface area (Å²) in [5.41, 5.74) is 1.08. The van der Waals surface area contributed by atoms with Crippen LogP contribution in [0.1, 0.15) is 36.9 Å². The number of hydrogen-bond acceptors (Lipinski definition) is 9. The number of hydrogen-bond donors (Lipinski definition) is 2. The van der Waals surface area contributed by atoms with Gasteiger partial charge in [-0.1, -0.05) is 23.7 Å². The van der Waals surface area contributed by atoms with Crippen LogP contribution in [0.2, 0.25) is 5.02 Å². The summed E-state index contributed by atoms with van der Waals surface area (Å²) in [5, 5.41) is 14.8. The Morgan fingerprint density at radius 1 is 1.32 bits per heavy atom. The predicted molar refractivity (Wildman–Crippen MR) is 150 cm³/mol. The molecule has 2 amide bonds. The molecule has 2 saturated heterocycles. The predicted octanol–water partition coefficient (Wildman–Crippen LogP) is 3.13. The van der Waals surface area contributed by atoms with Crippen LogP contribution in [0.25, 0.3) is 0 Å². The summed E-state index contributed by atoms with van der Waals surface area (Å²) in [6.45, 7) is 5.78. The Labute approximate surface area is 245 Å². The number of rotatable bonds is 9. The lowest BCUT2D eigenvalue weighted by Gasteiger charge is -2.38. The highest BCUT2D eigenvalue weighted by atomic mass is 35.5. The molecule has 11 nitrogen and oxygen atoms in total. The van der Waals surface area contributed by atoms with Crippen molar-refractivity contribution in [1.82, 2.24) is 25.0 Å². The van der Waals surface area contributed by atoms with Crippen molar-refractivity contribution in [2.24, 2.45) is 4.99 Å². The van der Waals surface area contributed by atoms with E-state index in [4.69, 9.17) is 21.3 Å². The Balaban J connectivity index is 1.46. The van der Waals surface area contributed by atoms with E-state index in [1.165, 1.54) is 23.5 Å². The van der Waals surface area contributed by atoms with Gasteiger partial charge in [-0.25, -0.2) is 19.0 Å². The van der Waals surface area contributed by atoms with Crippen molar-refractivity contribution in [3.63, 3.8) is 0 Å². The molecule has 1 aromatic heterocycles. The maximum absolute atomic E-state index is 14.5. The third-order valence-corrected chi connectivity index (χ3v) is 8.56. The van der Waals surface area contributed by atoms with Crippen LogP contribution in [-0.4, -0.2) is 100 Å². The van der Waals surface area contributed by atoms with Gasteiger partial charge < -0.3 is 25.0 Å². The van der Waals surface area contributed by atoms with Crippen LogP contribution in [0.3, 0.4) is 0 Å². The number of aliphatic imine (C=N–C) groups is 1.